The van der Waals surface area contributed by atoms with Crippen LogP contribution in [0.5, 0.6) is 5.75 Å². The highest BCUT2D eigenvalue weighted by atomic mass is 16.3. The van der Waals surface area contributed by atoms with E-state index in [4.69, 9.17) is 0 Å². The van der Waals surface area contributed by atoms with E-state index < -0.39 is 0 Å². The molecule has 1 aromatic heterocycles. The monoisotopic (exact) mass is 295 g/mol. The zero-order valence-corrected chi connectivity index (χ0v) is 12.9. The van der Waals surface area contributed by atoms with Crippen molar-refractivity contribution in [3.8, 4) is 5.75 Å². The topological polar surface area (TPSA) is 48.7 Å². The molecule has 0 bridgehead atoms. The fourth-order valence-electron chi connectivity index (χ4n) is 2.88. The number of aliphatic imine (C=N–C) groups is 1. The number of hydrogen-bond donors (Lipinski definition) is 1. The second kappa shape index (κ2) is 6.71. The highest BCUT2D eigenvalue weighted by molar-refractivity contribution is 5.80. The number of benzene rings is 1. The molecule has 0 fully saturated rings. The van der Waals surface area contributed by atoms with Crippen LogP contribution in [-0.4, -0.2) is 41.3 Å². The third-order valence-electron chi connectivity index (χ3n) is 4.11. The van der Waals surface area contributed by atoms with Crippen molar-refractivity contribution in [3.63, 3.8) is 0 Å². The number of aromatic hydroxyl groups is 1. The summed E-state index contributed by atoms with van der Waals surface area (Å²) in [6, 6.07) is 12.3. The van der Waals surface area contributed by atoms with Crippen molar-refractivity contribution in [3.05, 3.63) is 58.9 Å². The van der Waals surface area contributed by atoms with E-state index in [1.54, 1.807) is 19.3 Å². The van der Waals surface area contributed by atoms with Gasteiger partial charge in [0.05, 0.1) is 6.21 Å². The lowest BCUT2D eigenvalue weighted by Gasteiger charge is -2.28. The first-order valence-corrected chi connectivity index (χ1v) is 7.66. The van der Waals surface area contributed by atoms with Crippen molar-refractivity contribution >= 4 is 6.21 Å². The molecule has 1 aliphatic heterocycles. The standard InChI is InChI=1S/C18H21N3O/c1-19-12-17-18(22)7-6-16(20-17)9-11-21-10-8-14-4-2-3-5-15(14)13-21/h2-7,12,22H,8-11,13H2,1H3/b19-12+. The molecular weight excluding hydrogens is 274 g/mol. The lowest BCUT2D eigenvalue weighted by atomic mass is 10.00. The molecule has 0 unspecified atom stereocenters. The van der Waals surface area contributed by atoms with Crippen molar-refractivity contribution in [2.75, 3.05) is 20.1 Å². The van der Waals surface area contributed by atoms with E-state index in [1.807, 2.05) is 6.07 Å². The van der Waals surface area contributed by atoms with Crippen LogP contribution in [-0.2, 0) is 19.4 Å². The van der Waals surface area contributed by atoms with Crippen molar-refractivity contribution in [2.45, 2.75) is 19.4 Å². The molecule has 4 nitrogen and oxygen atoms in total. The Morgan fingerprint density at radius 2 is 2.05 bits per heavy atom. The summed E-state index contributed by atoms with van der Waals surface area (Å²) in [6.45, 7) is 3.09. The average molecular weight is 295 g/mol. The predicted molar refractivity (Wildman–Crippen MR) is 88.5 cm³/mol. The second-order valence-corrected chi connectivity index (χ2v) is 5.64. The Morgan fingerprint density at radius 3 is 2.86 bits per heavy atom. The number of hydrogen-bond acceptors (Lipinski definition) is 4. The molecule has 0 atom stereocenters. The van der Waals surface area contributed by atoms with Crippen molar-refractivity contribution < 1.29 is 5.11 Å². The summed E-state index contributed by atoms with van der Waals surface area (Å²) in [5, 5.41) is 9.73. The van der Waals surface area contributed by atoms with Crippen LogP contribution in [0.4, 0.5) is 0 Å². The van der Waals surface area contributed by atoms with Crippen LogP contribution in [0.15, 0.2) is 41.4 Å². The number of rotatable bonds is 4. The van der Waals surface area contributed by atoms with Gasteiger partial charge in [-0.15, -0.1) is 0 Å². The van der Waals surface area contributed by atoms with Gasteiger partial charge in [0.15, 0.2) is 0 Å². The Hall–Kier alpha value is -2.20. The maximum Gasteiger partial charge on any atom is 0.142 e. The van der Waals surface area contributed by atoms with Gasteiger partial charge in [-0.3, -0.25) is 9.89 Å². The molecule has 1 N–H and O–H groups in total. The molecule has 0 radical (unpaired) electrons. The summed E-state index contributed by atoms with van der Waals surface area (Å²) < 4.78 is 0. The number of nitrogens with zero attached hydrogens (tertiary/aromatic N) is 3. The van der Waals surface area contributed by atoms with Gasteiger partial charge in [0.25, 0.3) is 0 Å². The largest absolute Gasteiger partial charge is 0.506 e. The van der Waals surface area contributed by atoms with E-state index in [0.29, 0.717) is 5.69 Å². The van der Waals surface area contributed by atoms with Gasteiger partial charge in [0, 0.05) is 38.8 Å². The molecule has 4 heteroatoms. The molecule has 0 spiro atoms. The van der Waals surface area contributed by atoms with Crippen LogP contribution >= 0.6 is 0 Å². The quantitative estimate of drug-likeness (QED) is 0.881. The zero-order valence-electron chi connectivity index (χ0n) is 12.9. The maximum atomic E-state index is 9.73. The third-order valence-corrected chi connectivity index (χ3v) is 4.11. The number of aromatic nitrogens is 1. The van der Waals surface area contributed by atoms with E-state index in [0.717, 1.165) is 38.2 Å². The summed E-state index contributed by atoms with van der Waals surface area (Å²) in [5.74, 6) is 0.182. The fraction of sp³-hybridized carbons (Fsp3) is 0.333. The Kier molecular flexibility index (Phi) is 4.49. The SMILES string of the molecule is C/N=C/c1nc(CCN2CCc3ccccc3C2)ccc1O. The molecule has 114 valence electrons. The van der Waals surface area contributed by atoms with E-state index in [2.05, 4.69) is 39.1 Å². The van der Waals surface area contributed by atoms with Gasteiger partial charge < -0.3 is 5.11 Å². The summed E-state index contributed by atoms with van der Waals surface area (Å²) in [4.78, 5) is 10.9. The van der Waals surface area contributed by atoms with Gasteiger partial charge in [-0.25, -0.2) is 4.98 Å². The van der Waals surface area contributed by atoms with E-state index >= 15 is 0 Å². The van der Waals surface area contributed by atoms with E-state index in [-0.39, 0.29) is 5.75 Å². The van der Waals surface area contributed by atoms with Crippen LogP contribution in [0.1, 0.15) is 22.5 Å². The normalized spacial score (nSPS) is 15.1. The van der Waals surface area contributed by atoms with Gasteiger partial charge >= 0.3 is 0 Å². The van der Waals surface area contributed by atoms with Crippen molar-refractivity contribution in [2.24, 2.45) is 4.99 Å². The molecule has 1 aliphatic rings. The molecule has 0 saturated heterocycles. The van der Waals surface area contributed by atoms with Crippen LogP contribution in [0, 0.1) is 0 Å². The second-order valence-electron chi connectivity index (χ2n) is 5.64. The van der Waals surface area contributed by atoms with Gasteiger partial charge in [-0.2, -0.15) is 0 Å². The smallest absolute Gasteiger partial charge is 0.142 e. The third kappa shape index (κ3) is 3.34. The van der Waals surface area contributed by atoms with Gasteiger partial charge in [-0.05, 0) is 29.7 Å². The van der Waals surface area contributed by atoms with Crippen molar-refractivity contribution in [1.82, 2.24) is 9.88 Å². The highest BCUT2D eigenvalue weighted by Crippen LogP contribution is 2.19. The molecule has 3 rings (SSSR count). The lowest BCUT2D eigenvalue weighted by molar-refractivity contribution is 0.256. The summed E-state index contributed by atoms with van der Waals surface area (Å²) in [6.07, 6.45) is 3.59. The first kappa shape index (κ1) is 14.7. The van der Waals surface area contributed by atoms with E-state index in [1.165, 1.54) is 11.1 Å². The molecule has 0 saturated carbocycles. The van der Waals surface area contributed by atoms with Crippen LogP contribution in [0.25, 0.3) is 0 Å². The summed E-state index contributed by atoms with van der Waals surface area (Å²) in [5.41, 5.74) is 4.45. The zero-order chi connectivity index (χ0) is 15.4. The Labute approximate surface area is 131 Å². The first-order valence-electron chi connectivity index (χ1n) is 7.66. The minimum atomic E-state index is 0.182. The molecule has 22 heavy (non-hydrogen) atoms. The van der Waals surface area contributed by atoms with Gasteiger partial charge in [0.2, 0.25) is 0 Å². The number of pyridine rings is 1. The Bertz CT molecular complexity index is 682. The van der Waals surface area contributed by atoms with Gasteiger partial charge in [0.1, 0.15) is 11.4 Å². The molecule has 0 amide bonds. The Balaban J connectivity index is 1.63. The number of fused-ring (bicyclic) bond motifs is 1. The molecule has 2 aromatic rings. The lowest BCUT2D eigenvalue weighted by Crippen LogP contribution is -2.32. The van der Waals surface area contributed by atoms with Gasteiger partial charge in [-0.1, -0.05) is 24.3 Å². The summed E-state index contributed by atoms with van der Waals surface area (Å²) in [7, 11) is 1.68. The van der Waals surface area contributed by atoms with E-state index in [9.17, 15) is 5.11 Å². The fourth-order valence-corrected chi connectivity index (χ4v) is 2.88. The van der Waals surface area contributed by atoms with Crippen molar-refractivity contribution in [1.29, 1.82) is 0 Å². The molecule has 0 aliphatic carbocycles. The minimum absolute atomic E-state index is 0.182. The summed E-state index contributed by atoms with van der Waals surface area (Å²) >= 11 is 0. The predicted octanol–water partition coefficient (Wildman–Crippen LogP) is 2.44. The highest BCUT2D eigenvalue weighted by Gasteiger charge is 2.15. The molecule has 1 aromatic carbocycles. The molecule has 2 heterocycles. The Morgan fingerprint density at radius 1 is 1.23 bits per heavy atom. The van der Waals surface area contributed by atoms with Crippen LogP contribution in [0.3, 0.4) is 0 Å². The average Bonchev–Trinajstić information content (AvgIpc) is 2.55. The maximum absolute atomic E-state index is 9.73. The molecular formula is C18H21N3O. The van der Waals surface area contributed by atoms with Crippen LogP contribution < -0.4 is 0 Å². The first-order chi connectivity index (χ1) is 10.8. The van der Waals surface area contributed by atoms with Crippen LogP contribution in [0.2, 0.25) is 0 Å². The minimum Gasteiger partial charge on any atom is -0.506 e.